The maximum atomic E-state index is 11.7. The second kappa shape index (κ2) is 3.98. The number of carboxylic acids is 1. The Morgan fingerprint density at radius 1 is 1.30 bits per heavy atom. The number of aromatic amines is 1. The van der Waals surface area contributed by atoms with Gasteiger partial charge < -0.3 is 9.67 Å². The minimum atomic E-state index is -1.08. The highest BCUT2D eigenvalue weighted by atomic mass is 16.4. The van der Waals surface area contributed by atoms with Crippen molar-refractivity contribution in [1.29, 1.82) is 0 Å². The number of nitrogens with one attached hydrogen (secondary N) is 1. The molecule has 2 aliphatic heterocycles. The number of H-pyrrole nitrogens is 1. The van der Waals surface area contributed by atoms with Crippen molar-refractivity contribution in [2.75, 3.05) is 0 Å². The minimum Gasteiger partial charge on any atom is -0.478 e. The number of aryl methyl sites for hydroxylation is 1. The molecule has 1 aromatic carbocycles. The van der Waals surface area contributed by atoms with Crippen molar-refractivity contribution in [3.05, 3.63) is 44.6 Å². The second-order valence-corrected chi connectivity index (χ2v) is 4.22. The zero-order valence-corrected chi connectivity index (χ0v) is 10.2. The molecule has 0 radical (unpaired) electrons. The summed E-state index contributed by atoms with van der Waals surface area (Å²) in [5, 5.41) is 8.96. The van der Waals surface area contributed by atoms with Crippen molar-refractivity contribution in [3.63, 3.8) is 0 Å². The Kier molecular flexibility index (Phi) is 2.40. The zero-order chi connectivity index (χ0) is 14.4. The van der Waals surface area contributed by atoms with Crippen LogP contribution < -0.4 is 11.2 Å². The van der Waals surface area contributed by atoms with Gasteiger partial charge >= 0.3 is 11.7 Å². The first kappa shape index (κ1) is 12.0. The molecule has 2 heterocycles. The van der Waals surface area contributed by atoms with Crippen LogP contribution in [0.5, 0.6) is 0 Å². The molecule has 1 aromatic rings. The minimum absolute atomic E-state index is 0.0119. The van der Waals surface area contributed by atoms with Gasteiger partial charge in [0.05, 0.1) is 16.6 Å². The number of aromatic carboxylic acids is 1. The number of rotatable bonds is 1. The first-order chi connectivity index (χ1) is 9.47. The third-order valence-corrected chi connectivity index (χ3v) is 2.99. The molecule has 100 valence electrons. The van der Waals surface area contributed by atoms with Crippen LogP contribution in [-0.4, -0.2) is 30.6 Å². The molecule has 0 atom stereocenters. The molecule has 2 aliphatic rings. The molecule has 0 aromatic heterocycles. The van der Waals surface area contributed by atoms with E-state index in [9.17, 15) is 14.4 Å². The molecule has 8 heteroatoms. The van der Waals surface area contributed by atoms with Gasteiger partial charge in [0.2, 0.25) is 0 Å². The number of carboxylic acid groups (broad SMARTS) is 1. The summed E-state index contributed by atoms with van der Waals surface area (Å²) in [6, 6.07) is 4.34. The van der Waals surface area contributed by atoms with Gasteiger partial charge in [0, 0.05) is 7.05 Å². The molecule has 0 spiro atoms. The van der Waals surface area contributed by atoms with E-state index in [4.69, 9.17) is 5.11 Å². The van der Waals surface area contributed by atoms with Crippen LogP contribution in [0.25, 0.3) is 22.6 Å². The van der Waals surface area contributed by atoms with Crippen molar-refractivity contribution in [3.8, 4) is 11.5 Å². The van der Waals surface area contributed by atoms with Gasteiger partial charge in [0.25, 0.3) is 5.56 Å². The lowest BCUT2D eigenvalue weighted by molar-refractivity contribution is 0.0697. The number of nitrogens with zero attached hydrogens (tertiary/aromatic N) is 3. The molecule has 2 N–H and O–H groups in total. The topological polar surface area (TPSA) is 118 Å². The van der Waals surface area contributed by atoms with Crippen LogP contribution in [0, 0.1) is 0 Å². The Morgan fingerprint density at radius 3 is 2.75 bits per heavy atom. The first-order valence-electron chi connectivity index (χ1n) is 5.61. The standard InChI is InChI=1S/C12H8N4O4/c1-16-7-3-2-5(11(18)19)4-6(7)13-8-9(16)14-12(20)15-10(8)17/h2-4H,1H3,(H,18,19)(H,15,17,20). The van der Waals surface area contributed by atoms with Gasteiger partial charge in [0.15, 0.2) is 11.5 Å². The van der Waals surface area contributed by atoms with Gasteiger partial charge in [-0.25, -0.2) is 14.6 Å². The monoisotopic (exact) mass is 272 g/mol. The Labute approximate surface area is 110 Å². The largest absolute Gasteiger partial charge is 0.478 e. The van der Waals surface area contributed by atoms with Crippen LogP contribution >= 0.6 is 0 Å². The van der Waals surface area contributed by atoms with Gasteiger partial charge in [-0.3, -0.25) is 9.78 Å². The molecule has 0 bridgehead atoms. The number of carbonyl (C=O) groups is 1. The van der Waals surface area contributed by atoms with Gasteiger partial charge in [-0.1, -0.05) is 0 Å². The summed E-state index contributed by atoms with van der Waals surface area (Å²) < 4.78 is 1.53. The number of aromatic nitrogens is 4. The molecule has 20 heavy (non-hydrogen) atoms. The predicted molar refractivity (Wildman–Crippen MR) is 69.0 cm³/mol. The number of benzene rings is 1. The molecule has 0 saturated carbocycles. The second-order valence-electron chi connectivity index (χ2n) is 4.22. The summed E-state index contributed by atoms with van der Waals surface area (Å²) in [7, 11) is 1.62. The van der Waals surface area contributed by atoms with E-state index in [1.54, 1.807) is 13.1 Å². The average molecular weight is 272 g/mol. The summed E-state index contributed by atoms with van der Waals surface area (Å²) >= 11 is 0. The van der Waals surface area contributed by atoms with E-state index in [0.29, 0.717) is 11.0 Å². The van der Waals surface area contributed by atoms with Crippen molar-refractivity contribution >= 4 is 17.0 Å². The van der Waals surface area contributed by atoms with Crippen molar-refractivity contribution in [1.82, 2.24) is 19.5 Å². The molecular weight excluding hydrogens is 264 g/mol. The Morgan fingerprint density at radius 2 is 2.05 bits per heavy atom. The first-order valence-corrected chi connectivity index (χ1v) is 5.61. The van der Waals surface area contributed by atoms with Gasteiger partial charge in [-0.05, 0) is 18.2 Å². The molecule has 0 aliphatic carbocycles. The van der Waals surface area contributed by atoms with E-state index >= 15 is 0 Å². The maximum absolute atomic E-state index is 11.7. The molecule has 0 fully saturated rings. The Bertz CT molecular complexity index is 940. The highest BCUT2D eigenvalue weighted by Gasteiger charge is 2.17. The zero-order valence-electron chi connectivity index (χ0n) is 10.2. The van der Waals surface area contributed by atoms with Crippen LogP contribution in [0.15, 0.2) is 27.8 Å². The molecule has 0 unspecified atom stereocenters. The number of hydrogen-bond acceptors (Lipinski definition) is 5. The lowest BCUT2D eigenvalue weighted by Crippen LogP contribution is -2.28. The van der Waals surface area contributed by atoms with Gasteiger partial charge in [-0.2, -0.15) is 4.98 Å². The fraction of sp³-hybridized carbons (Fsp3) is 0.0833. The van der Waals surface area contributed by atoms with Gasteiger partial charge in [0.1, 0.15) is 0 Å². The highest BCUT2D eigenvalue weighted by Crippen LogP contribution is 2.20. The summed E-state index contributed by atoms with van der Waals surface area (Å²) in [6.07, 6.45) is 0. The average Bonchev–Trinajstić information content (AvgIpc) is 2.40. The lowest BCUT2D eigenvalue weighted by Gasteiger charge is -2.12. The van der Waals surface area contributed by atoms with E-state index in [1.165, 1.54) is 16.7 Å². The van der Waals surface area contributed by atoms with Crippen molar-refractivity contribution in [2.45, 2.75) is 0 Å². The highest BCUT2D eigenvalue weighted by molar-refractivity contribution is 5.92. The van der Waals surface area contributed by atoms with E-state index in [-0.39, 0.29) is 17.1 Å². The lowest BCUT2D eigenvalue weighted by atomic mass is 10.2. The molecule has 3 rings (SSSR count). The Hall–Kier alpha value is -3.03. The van der Waals surface area contributed by atoms with Crippen LogP contribution in [-0.2, 0) is 7.05 Å². The van der Waals surface area contributed by atoms with Gasteiger partial charge in [-0.15, -0.1) is 0 Å². The molecule has 0 saturated heterocycles. The fourth-order valence-corrected chi connectivity index (χ4v) is 2.03. The number of hydrogen-bond donors (Lipinski definition) is 2. The predicted octanol–water partition coefficient (Wildman–Crippen LogP) is -0.180. The van der Waals surface area contributed by atoms with Crippen molar-refractivity contribution in [2.24, 2.45) is 7.05 Å². The number of fused-ring (bicyclic) bond motifs is 2. The summed E-state index contributed by atoms with van der Waals surface area (Å²) in [5.41, 5.74) is -0.443. The van der Waals surface area contributed by atoms with E-state index in [2.05, 4.69) is 9.97 Å². The van der Waals surface area contributed by atoms with Crippen LogP contribution in [0.3, 0.4) is 0 Å². The summed E-state index contributed by atoms with van der Waals surface area (Å²) in [5.74, 6) is -0.937. The van der Waals surface area contributed by atoms with Crippen LogP contribution in [0.2, 0.25) is 0 Å². The molecule has 0 amide bonds. The SMILES string of the molecule is Cn1c2nc(=O)[nH]c(=O)c-2nc2cc(C(=O)O)ccc21. The fourth-order valence-electron chi connectivity index (χ4n) is 2.03. The normalized spacial score (nSPS) is 11.1. The third-order valence-electron chi connectivity index (χ3n) is 2.99. The summed E-state index contributed by atoms with van der Waals surface area (Å²) in [4.78, 5) is 43.8. The quantitative estimate of drug-likeness (QED) is 0.593. The van der Waals surface area contributed by atoms with Crippen LogP contribution in [0.4, 0.5) is 0 Å². The van der Waals surface area contributed by atoms with E-state index < -0.39 is 17.2 Å². The van der Waals surface area contributed by atoms with Crippen LogP contribution in [0.1, 0.15) is 10.4 Å². The summed E-state index contributed by atoms with van der Waals surface area (Å²) in [6.45, 7) is 0. The third kappa shape index (κ3) is 1.66. The van der Waals surface area contributed by atoms with E-state index in [0.717, 1.165) is 0 Å². The molecule has 8 nitrogen and oxygen atoms in total. The van der Waals surface area contributed by atoms with Crippen molar-refractivity contribution < 1.29 is 9.90 Å². The molecular formula is C12H8N4O4. The Balaban J connectivity index is 2.51. The van der Waals surface area contributed by atoms with E-state index in [1.807, 2.05) is 4.98 Å². The maximum Gasteiger partial charge on any atom is 0.349 e. The smallest absolute Gasteiger partial charge is 0.349 e.